The van der Waals surface area contributed by atoms with Crippen LogP contribution in [0.15, 0.2) is 30.3 Å². The number of aromatic nitrogens is 2. The van der Waals surface area contributed by atoms with Crippen molar-refractivity contribution in [2.24, 2.45) is 11.8 Å². The van der Waals surface area contributed by atoms with Gasteiger partial charge in [-0.2, -0.15) is 5.10 Å². The number of nitrogens with one attached hydrogen (secondary N) is 1. The smallest absolute Gasteiger partial charge is 0.227 e. The lowest BCUT2D eigenvalue weighted by molar-refractivity contribution is -0.130. The number of para-hydroxylation sites is 1. The number of carbonyl (C=O) groups excluding carboxylic acids is 1. The van der Waals surface area contributed by atoms with Crippen LogP contribution in [0.2, 0.25) is 0 Å². The molecule has 4 rings (SSSR count). The Morgan fingerprint density at radius 1 is 1.11 bits per heavy atom. The van der Waals surface area contributed by atoms with Crippen LogP contribution in [0.4, 0.5) is 0 Å². The second kappa shape index (κ2) is 8.44. The number of carbonyl (C=O) groups is 1. The Hall–Kier alpha value is -1.85. The average Bonchev–Trinajstić information content (AvgIpc) is 3.15. The number of fused-ring (bicyclic) bond motifs is 1. The first kappa shape index (κ1) is 19.9. The fourth-order valence-electron chi connectivity index (χ4n) is 4.48. The van der Waals surface area contributed by atoms with E-state index in [0.717, 1.165) is 73.5 Å². The van der Waals surface area contributed by atoms with E-state index in [4.69, 9.17) is 0 Å². The average molecular weight is 389 g/mol. The van der Waals surface area contributed by atoms with Gasteiger partial charge in [-0.25, -0.2) is 4.68 Å². The molecule has 2 aliphatic rings. The van der Waals surface area contributed by atoms with Crippen molar-refractivity contribution >= 4 is 18.3 Å². The maximum absolute atomic E-state index is 13.0. The Morgan fingerprint density at radius 2 is 1.74 bits per heavy atom. The van der Waals surface area contributed by atoms with E-state index in [9.17, 15) is 4.79 Å². The zero-order valence-corrected chi connectivity index (χ0v) is 17.0. The summed E-state index contributed by atoms with van der Waals surface area (Å²) in [6, 6.07) is 10.1. The second-order valence-corrected chi connectivity index (χ2v) is 7.71. The van der Waals surface area contributed by atoms with E-state index in [1.54, 1.807) is 0 Å². The number of hydrogen-bond acceptors (Lipinski definition) is 3. The van der Waals surface area contributed by atoms with Gasteiger partial charge in [-0.05, 0) is 63.7 Å². The minimum absolute atomic E-state index is 0. The molecule has 2 aliphatic heterocycles. The Morgan fingerprint density at radius 3 is 2.37 bits per heavy atom. The highest BCUT2D eigenvalue weighted by atomic mass is 35.5. The number of nitrogens with zero attached hydrogens (tertiary/aromatic N) is 3. The van der Waals surface area contributed by atoms with Crippen molar-refractivity contribution in [3.63, 3.8) is 0 Å². The minimum Gasteiger partial charge on any atom is -0.342 e. The van der Waals surface area contributed by atoms with E-state index >= 15 is 0 Å². The quantitative estimate of drug-likeness (QED) is 0.879. The van der Waals surface area contributed by atoms with Gasteiger partial charge in [0.05, 0.1) is 17.8 Å². The van der Waals surface area contributed by atoms with Gasteiger partial charge in [0.1, 0.15) is 0 Å². The van der Waals surface area contributed by atoms with Gasteiger partial charge < -0.3 is 10.2 Å². The molecule has 0 unspecified atom stereocenters. The maximum Gasteiger partial charge on any atom is 0.227 e. The van der Waals surface area contributed by atoms with Crippen LogP contribution in [-0.4, -0.2) is 46.8 Å². The topological polar surface area (TPSA) is 50.2 Å². The number of rotatable bonds is 3. The van der Waals surface area contributed by atoms with Crippen LogP contribution in [0.3, 0.4) is 0 Å². The highest BCUT2D eigenvalue weighted by Gasteiger charge is 2.31. The molecule has 1 amide bonds. The molecule has 0 saturated carbocycles. The Balaban J connectivity index is 0.00000210. The zero-order chi connectivity index (χ0) is 18.1. The van der Waals surface area contributed by atoms with Gasteiger partial charge in [-0.3, -0.25) is 4.79 Å². The van der Waals surface area contributed by atoms with Gasteiger partial charge in [-0.15, -0.1) is 12.4 Å². The first-order valence-electron chi connectivity index (χ1n) is 9.72. The molecule has 0 radical (unpaired) electrons. The normalized spacial score (nSPS) is 22.1. The second-order valence-electron chi connectivity index (χ2n) is 7.71. The molecule has 1 aromatic heterocycles. The first-order chi connectivity index (χ1) is 12.6. The summed E-state index contributed by atoms with van der Waals surface area (Å²) < 4.78 is 1.95. The van der Waals surface area contributed by atoms with Crippen LogP contribution in [0.1, 0.15) is 29.8 Å². The summed E-state index contributed by atoms with van der Waals surface area (Å²) in [5, 5.41) is 8.18. The lowest BCUT2D eigenvalue weighted by Gasteiger charge is -2.21. The van der Waals surface area contributed by atoms with Crippen molar-refractivity contribution in [2.75, 3.05) is 26.2 Å². The van der Waals surface area contributed by atoms with Crippen molar-refractivity contribution in [3.8, 4) is 5.69 Å². The third kappa shape index (κ3) is 4.04. The highest BCUT2D eigenvalue weighted by Crippen LogP contribution is 2.27. The SMILES string of the molecule is Cc1nn(-c2ccccc2)c(C)c1CC(=O)N1CC[C@@H]2CNC[C@@H]2CC1.Cl. The molecule has 2 saturated heterocycles. The van der Waals surface area contributed by atoms with Gasteiger partial charge in [0.15, 0.2) is 0 Å². The molecule has 0 spiro atoms. The van der Waals surface area contributed by atoms with Gasteiger partial charge in [0.25, 0.3) is 0 Å². The molecule has 1 N–H and O–H groups in total. The summed E-state index contributed by atoms with van der Waals surface area (Å²) >= 11 is 0. The van der Waals surface area contributed by atoms with E-state index in [1.807, 2.05) is 41.9 Å². The number of likely N-dealkylation sites (tertiary alicyclic amines) is 1. The number of benzene rings is 1. The third-order valence-corrected chi connectivity index (χ3v) is 6.14. The van der Waals surface area contributed by atoms with Crippen LogP contribution in [0.5, 0.6) is 0 Å². The molecule has 2 fully saturated rings. The molecular formula is C21H29ClN4O. The molecular weight excluding hydrogens is 360 g/mol. The lowest BCUT2D eigenvalue weighted by Crippen LogP contribution is -2.34. The first-order valence-corrected chi connectivity index (χ1v) is 9.72. The molecule has 146 valence electrons. The van der Waals surface area contributed by atoms with Crippen molar-refractivity contribution in [3.05, 3.63) is 47.3 Å². The highest BCUT2D eigenvalue weighted by molar-refractivity contribution is 5.85. The van der Waals surface area contributed by atoms with Crippen molar-refractivity contribution < 1.29 is 4.79 Å². The van der Waals surface area contributed by atoms with Crippen LogP contribution in [-0.2, 0) is 11.2 Å². The predicted molar refractivity (Wildman–Crippen MR) is 110 cm³/mol. The molecule has 2 aromatic rings. The molecule has 1 aromatic carbocycles. The Bertz CT molecular complexity index is 775. The Labute approximate surface area is 167 Å². The van der Waals surface area contributed by atoms with E-state index in [1.165, 1.54) is 0 Å². The molecule has 5 nitrogen and oxygen atoms in total. The molecule has 6 heteroatoms. The van der Waals surface area contributed by atoms with Crippen LogP contribution >= 0.6 is 12.4 Å². The number of aryl methyl sites for hydroxylation is 1. The molecule has 0 bridgehead atoms. The largest absolute Gasteiger partial charge is 0.342 e. The summed E-state index contributed by atoms with van der Waals surface area (Å²) in [4.78, 5) is 15.0. The number of amides is 1. The summed E-state index contributed by atoms with van der Waals surface area (Å²) in [5.41, 5.74) is 4.14. The van der Waals surface area contributed by atoms with Crippen molar-refractivity contribution in [2.45, 2.75) is 33.1 Å². The molecule has 27 heavy (non-hydrogen) atoms. The fraction of sp³-hybridized carbons (Fsp3) is 0.524. The zero-order valence-electron chi connectivity index (χ0n) is 16.1. The van der Waals surface area contributed by atoms with Gasteiger partial charge in [-0.1, -0.05) is 18.2 Å². The summed E-state index contributed by atoms with van der Waals surface area (Å²) in [6.45, 7) is 8.10. The van der Waals surface area contributed by atoms with E-state index in [2.05, 4.69) is 22.2 Å². The third-order valence-electron chi connectivity index (χ3n) is 6.14. The van der Waals surface area contributed by atoms with Gasteiger partial charge >= 0.3 is 0 Å². The van der Waals surface area contributed by atoms with Crippen LogP contribution in [0.25, 0.3) is 5.69 Å². The van der Waals surface area contributed by atoms with E-state index < -0.39 is 0 Å². The summed E-state index contributed by atoms with van der Waals surface area (Å²) in [7, 11) is 0. The monoisotopic (exact) mass is 388 g/mol. The van der Waals surface area contributed by atoms with Gasteiger partial charge in [0, 0.05) is 24.3 Å². The number of halogens is 1. The minimum atomic E-state index is 0. The Kier molecular flexibility index (Phi) is 6.22. The van der Waals surface area contributed by atoms with Crippen LogP contribution < -0.4 is 5.32 Å². The number of hydrogen-bond donors (Lipinski definition) is 1. The standard InChI is InChI=1S/C21H28N4O.ClH/c1-15-20(16(2)25(23-15)19-6-4-3-5-7-19)12-21(26)24-10-8-17-13-22-14-18(17)9-11-24;/h3-7,17-18,22H,8-14H2,1-2H3;1H/t17-,18+;. The van der Waals surface area contributed by atoms with E-state index in [-0.39, 0.29) is 18.3 Å². The summed E-state index contributed by atoms with van der Waals surface area (Å²) in [5.74, 6) is 1.74. The molecule has 3 heterocycles. The maximum atomic E-state index is 13.0. The van der Waals surface area contributed by atoms with Crippen molar-refractivity contribution in [1.82, 2.24) is 20.0 Å². The van der Waals surface area contributed by atoms with Crippen molar-refractivity contribution in [1.29, 1.82) is 0 Å². The van der Waals surface area contributed by atoms with E-state index in [0.29, 0.717) is 6.42 Å². The predicted octanol–water partition coefficient (Wildman–Crippen LogP) is 2.91. The fourth-order valence-corrected chi connectivity index (χ4v) is 4.48. The molecule has 2 atom stereocenters. The summed E-state index contributed by atoms with van der Waals surface area (Å²) in [6.07, 6.45) is 2.72. The molecule has 0 aliphatic carbocycles. The lowest BCUT2D eigenvalue weighted by atomic mass is 9.92. The van der Waals surface area contributed by atoms with Gasteiger partial charge in [0.2, 0.25) is 5.91 Å². The van der Waals surface area contributed by atoms with Crippen LogP contribution in [0, 0.1) is 25.7 Å².